The van der Waals surface area contributed by atoms with Crippen LogP contribution in [-0.4, -0.2) is 37.5 Å². The lowest BCUT2D eigenvalue weighted by Gasteiger charge is -2.21. The Morgan fingerprint density at radius 3 is 2.56 bits per heavy atom. The predicted octanol–water partition coefficient (Wildman–Crippen LogP) is 4.32. The molecule has 3 rings (SSSR count). The lowest BCUT2D eigenvalue weighted by atomic mass is 9.95. The molecule has 2 aromatic carbocycles. The van der Waals surface area contributed by atoms with E-state index in [0.717, 1.165) is 24.4 Å². The Balaban J connectivity index is 1.46. The fourth-order valence-electron chi connectivity index (χ4n) is 4.17. The van der Waals surface area contributed by atoms with E-state index >= 15 is 0 Å². The van der Waals surface area contributed by atoms with Crippen molar-refractivity contribution in [3.63, 3.8) is 0 Å². The summed E-state index contributed by atoms with van der Waals surface area (Å²) in [4.78, 5) is 13.8. The van der Waals surface area contributed by atoms with Gasteiger partial charge in [0.1, 0.15) is 0 Å². The van der Waals surface area contributed by atoms with Gasteiger partial charge < -0.3 is 10.2 Å². The molecule has 27 heavy (non-hydrogen) atoms. The summed E-state index contributed by atoms with van der Waals surface area (Å²) >= 11 is 0. The van der Waals surface area contributed by atoms with Crippen LogP contribution >= 0.6 is 0 Å². The molecule has 144 valence electrons. The largest absolute Gasteiger partial charge is 0.345 e. The summed E-state index contributed by atoms with van der Waals surface area (Å²) in [6.07, 6.45) is 7.39. The Labute approximate surface area is 163 Å². The first kappa shape index (κ1) is 19.6. The third kappa shape index (κ3) is 5.67. The summed E-state index contributed by atoms with van der Waals surface area (Å²) in [5.74, 6) is 0.855. The Hall–Kier alpha value is -2.13. The Bertz CT molecular complexity index is 726. The number of rotatable bonds is 8. The van der Waals surface area contributed by atoms with Crippen molar-refractivity contribution < 1.29 is 4.79 Å². The second-order valence-electron chi connectivity index (χ2n) is 7.93. The van der Waals surface area contributed by atoms with Crippen molar-refractivity contribution in [3.05, 3.63) is 71.3 Å². The fraction of sp³-hybridized carbons (Fsp3) is 0.458. The maximum Gasteiger partial charge on any atom is 0.253 e. The highest BCUT2D eigenvalue weighted by atomic mass is 16.2. The van der Waals surface area contributed by atoms with Gasteiger partial charge >= 0.3 is 0 Å². The molecule has 0 unspecified atom stereocenters. The number of hydrogen-bond acceptors (Lipinski definition) is 2. The van der Waals surface area contributed by atoms with Crippen LogP contribution in [0.3, 0.4) is 0 Å². The van der Waals surface area contributed by atoms with Crippen molar-refractivity contribution >= 4 is 5.91 Å². The number of carbonyl (C=O) groups excluding carboxylic acids is 1. The first-order valence-corrected chi connectivity index (χ1v) is 10.2. The van der Waals surface area contributed by atoms with E-state index in [1.807, 2.05) is 18.2 Å². The zero-order chi connectivity index (χ0) is 19.1. The molecule has 2 atom stereocenters. The number of aryl methyl sites for hydroxylation is 1. The highest BCUT2D eigenvalue weighted by Gasteiger charge is 2.26. The van der Waals surface area contributed by atoms with Gasteiger partial charge in [0.05, 0.1) is 0 Å². The highest BCUT2D eigenvalue weighted by molar-refractivity contribution is 5.94. The lowest BCUT2D eigenvalue weighted by molar-refractivity contribution is 0.0827. The van der Waals surface area contributed by atoms with Gasteiger partial charge in [-0.25, -0.2) is 0 Å². The number of amides is 1. The van der Waals surface area contributed by atoms with Gasteiger partial charge in [-0.3, -0.25) is 4.79 Å². The maximum atomic E-state index is 12.1. The molecule has 3 heteroatoms. The van der Waals surface area contributed by atoms with E-state index in [2.05, 4.69) is 41.7 Å². The van der Waals surface area contributed by atoms with E-state index in [9.17, 15) is 4.79 Å². The van der Waals surface area contributed by atoms with Crippen LogP contribution in [0.5, 0.6) is 0 Å². The van der Waals surface area contributed by atoms with Crippen LogP contribution < -0.4 is 5.32 Å². The second kappa shape index (κ2) is 9.70. The zero-order valence-corrected chi connectivity index (χ0v) is 16.7. The Morgan fingerprint density at radius 2 is 1.78 bits per heavy atom. The molecule has 0 heterocycles. The molecule has 0 radical (unpaired) electrons. The summed E-state index contributed by atoms with van der Waals surface area (Å²) in [6.45, 7) is 0.978. The second-order valence-corrected chi connectivity index (χ2v) is 7.93. The Kier molecular flexibility index (Phi) is 7.05. The van der Waals surface area contributed by atoms with Crippen LogP contribution in [0.25, 0.3) is 0 Å². The van der Waals surface area contributed by atoms with Crippen LogP contribution in [-0.2, 0) is 12.8 Å². The normalized spacial score (nSPS) is 19.2. The monoisotopic (exact) mass is 364 g/mol. The minimum atomic E-state index is 0.0709. The van der Waals surface area contributed by atoms with Crippen LogP contribution in [0.4, 0.5) is 0 Å². The third-order valence-electron chi connectivity index (χ3n) is 5.71. The molecule has 1 aliphatic rings. The molecule has 0 saturated heterocycles. The third-order valence-corrected chi connectivity index (χ3v) is 5.71. The molecular weight excluding hydrogens is 332 g/mol. The number of hydrogen-bond donors (Lipinski definition) is 1. The smallest absolute Gasteiger partial charge is 0.253 e. The van der Waals surface area contributed by atoms with E-state index in [-0.39, 0.29) is 5.91 Å². The lowest BCUT2D eigenvalue weighted by Crippen LogP contribution is -2.34. The number of carbonyl (C=O) groups is 1. The summed E-state index contributed by atoms with van der Waals surface area (Å²) in [5, 5.41) is 3.79. The molecule has 1 fully saturated rings. The van der Waals surface area contributed by atoms with E-state index in [1.54, 1.807) is 19.0 Å². The minimum Gasteiger partial charge on any atom is -0.345 e. The molecule has 0 aromatic heterocycles. The van der Waals surface area contributed by atoms with E-state index in [4.69, 9.17) is 0 Å². The first-order valence-electron chi connectivity index (χ1n) is 10.2. The van der Waals surface area contributed by atoms with Crippen LogP contribution in [0, 0.1) is 5.92 Å². The van der Waals surface area contributed by atoms with Gasteiger partial charge in [-0.15, -0.1) is 0 Å². The maximum absolute atomic E-state index is 12.1. The van der Waals surface area contributed by atoms with Crippen molar-refractivity contribution in [1.82, 2.24) is 10.2 Å². The molecule has 1 aliphatic carbocycles. The summed E-state index contributed by atoms with van der Waals surface area (Å²) < 4.78 is 0. The summed E-state index contributed by atoms with van der Waals surface area (Å²) in [5.41, 5.74) is 3.46. The van der Waals surface area contributed by atoms with E-state index in [0.29, 0.717) is 6.04 Å². The molecular formula is C24H32N2O. The van der Waals surface area contributed by atoms with Gasteiger partial charge in [0.2, 0.25) is 0 Å². The van der Waals surface area contributed by atoms with Crippen LogP contribution in [0.2, 0.25) is 0 Å². The molecule has 3 nitrogen and oxygen atoms in total. The van der Waals surface area contributed by atoms with E-state index < -0.39 is 0 Å². The van der Waals surface area contributed by atoms with Gasteiger partial charge in [0, 0.05) is 25.7 Å². The number of nitrogens with one attached hydrogen (secondary N) is 1. The Morgan fingerprint density at radius 1 is 1.00 bits per heavy atom. The predicted molar refractivity (Wildman–Crippen MR) is 112 cm³/mol. The highest BCUT2D eigenvalue weighted by Crippen LogP contribution is 2.29. The van der Waals surface area contributed by atoms with E-state index in [1.165, 1.54) is 43.2 Å². The van der Waals surface area contributed by atoms with Crippen molar-refractivity contribution in [2.75, 3.05) is 20.6 Å². The topological polar surface area (TPSA) is 32.3 Å². The summed E-state index contributed by atoms with van der Waals surface area (Å²) in [6, 6.07) is 19.5. The minimum absolute atomic E-state index is 0.0709. The quantitative estimate of drug-likeness (QED) is 0.756. The van der Waals surface area contributed by atoms with Crippen molar-refractivity contribution in [3.8, 4) is 0 Å². The van der Waals surface area contributed by atoms with Gasteiger partial charge in [0.15, 0.2) is 0 Å². The standard InChI is InChI=1S/C24H32N2O/c1-26(2)24(27)22-12-6-10-20(18-22)16-17-25-23-13-7-11-21(23)15-14-19-8-4-3-5-9-19/h3-6,8-10,12,18,21,23,25H,7,11,13-17H2,1-2H3/t21-,23-/m1/s1. The van der Waals surface area contributed by atoms with Crippen LogP contribution in [0.15, 0.2) is 54.6 Å². The number of benzene rings is 2. The van der Waals surface area contributed by atoms with Gasteiger partial charge in [-0.2, -0.15) is 0 Å². The molecule has 1 N–H and O–H groups in total. The van der Waals surface area contributed by atoms with Gasteiger partial charge in [-0.1, -0.05) is 48.9 Å². The summed E-state index contributed by atoms with van der Waals surface area (Å²) in [7, 11) is 3.60. The SMILES string of the molecule is CN(C)C(=O)c1cccc(CCN[C@@H]2CCC[C@@H]2CCc2ccccc2)c1. The first-order chi connectivity index (χ1) is 13.1. The van der Waals surface area contributed by atoms with Gasteiger partial charge in [0.25, 0.3) is 5.91 Å². The zero-order valence-electron chi connectivity index (χ0n) is 16.7. The molecule has 0 bridgehead atoms. The van der Waals surface area contributed by atoms with Crippen molar-refractivity contribution in [1.29, 1.82) is 0 Å². The van der Waals surface area contributed by atoms with Gasteiger partial charge in [-0.05, 0) is 67.8 Å². The number of nitrogens with zero attached hydrogens (tertiary/aromatic N) is 1. The fourth-order valence-corrected chi connectivity index (χ4v) is 4.17. The van der Waals surface area contributed by atoms with Crippen molar-refractivity contribution in [2.24, 2.45) is 5.92 Å². The molecule has 1 saturated carbocycles. The molecule has 1 amide bonds. The molecule has 0 aliphatic heterocycles. The van der Waals surface area contributed by atoms with Crippen molar-refractivity contribution in [2.45, 2.75) is 44.6 Å². The average Bonchev–Trinajstić information content (AvgIpc) is 3.14. The van der Waals surface area contributed by atoms with Crippen LogP contribution in [0.1, 0.15) is 47.2 Å². The molecule has 2 aromatic rings. The average molecular weight is 365 g/mol. The molecule has 0 spiro atoms.